The van der Waals surface area contributed by atoms with Gasteiger partial charge in [-0.05, 0) is 48.5 Å². The molecule has 1 nitrogen and oxygen atoms in total. The van der Waals surface area contributed by atoms with Crippen molar-refractivity contribution in [2.24, 2.45) is 0 Å². The summed E-state index contributed by atoms with van der Waals surface area (Å²) in [5.41, 5.74) is 6.43. The Kier molecular flexibility index (Phi) is 3.34. The van der Waals surface area contributed by atoms with Gasteiger partial charge >= 0.3 is 0 Å². The lowest BCUT2D eigenvalue weighted by atomic mass is 10.3. The number of nitrogen functional groups attached to an aromatic ring is 1. The molecule has 0 unspecified atom stereocenters. The average Bonchev–Trinajstić information content (AvgIpc) is 2.25. The number of hydrogen-bond donors (Lipinski definition) is 1. The molecule has 0 atom stereocenters. The van der Waals surface area contributed by atoms with E-state index in [4.69, 9.17) is 5.73 Å². The summed E-state index contributed by atoms with van der Waals surface area (Å²) in [6.07, 6.45) is 0. The van der Waals surface area contributed by atoms with Gasteiger partial charge in [-0.15, -0.1) is 0 Å². The molecule has 0 aromatic heterocycles. The molecule has 0 fully saturated rings. The second-order valence-electron chi connectivity index (χ2n) is 3.13. The molecule has 2 N–H and O–H groups in total. The minimum Gasteiger partial charge on any atom is -0.399 e. The molecule has 0 spiro atoms. The van der Waals surface area contributed by atoms with Crippen LogP contribution in [0.15, 0.2) is 62.8 Å². The van der Waals surface area contributed by atoms with Crippen molar-refractivity contribution in [3.8, 4) is 0 Å². The fourth-order valence-corrected chi connectivity index (χ4v) is 2.26. The van der Waals surface area contributed by atoms with Gasteiger partial charge in [-0.3, -0.25) is 0 Å². The van der Waals surface area contributed by atoms with Crippen LogP contribution in [0.5, 0.6) is 0 Å². The van der Waals surface area contributed by atoms with E-state index < -0.39 is 0 Å². The quantitative estimate of drug-likeness (QED) is 0.835. The van der Waals surface area contributed by atoms with Gasteiger partial charge in [-0.25, -0.2) is 0 Å². The zero-order valence-electron chi connectivity index (χ0n) is 7.98. The summed E-state index contributed by atoms with van der Waals surface area (Å²) in [5.74, 6) is 0. The van der Waals surface area contributed by atoms with E-state index in [9.17, 15) is 0 Å². The van der Waals surface area contributed by atoms with Crippen LogP contribution in [0, 0.1) is 0 Å². The number of hydrogen-bond acceptors (Lipinski definition) is 2. The van der Waals surface area contributed by atoms with Gasteiger partial charge in [-0.1, -0.05) is 27.7 Å². The highest BCUT2D eigenvalue weighted by molar-refractivity contribution is 9.10. The van der Waals surface area contributed by atoms with Crippen LogP contribution in [-0.2, 0) is 0 Å². The molecule has 0 amide bonds. The molecule has 15 heavy (non-hydrogen) atoms. The minimum atomic E-state index is 0.801. The van der Waals surface area contributed by atoms with Crippen LogP contribution in [0.3, 0.4) is 0 Å². The van der Waals surface area contributed by atoms with E-state index in [1.54, 1.807) is 11.8 Å². The van der Waals surface area contributed by atoms with Gasteiger partial charge in [0.05, 0.1) is 0 Å². The monoisotopic (exact) mass is 279 g/mol. The van der Waals surface area contributed by atoms with Gasteiger partial charge in [0, 0.05) is 20.0 Å². The minimum absolute atomic E-state index is 0.801. The smallest absolute Gasteiger partial charge is 0.0314 e. The van der Waals surface area contributed by atoms with Crippen molar-refractivity contribution in [1.82, 2.24) is 0 Å². The van der Waals surface area contributed by atoms with Gasteiger partial charge in [0.15, 0.2) is 0 Å². The standard InChI is InChI=1S/C12H10BrNS/c13-9-1-5-11(6-2-9)15-12-7-3-10(14)4-8-12/h1-8H,14H2. The number of nitrogens with two attached hydrogens (primary N) is 1. The Bertz CT molecular complexity index is 393. The van der Waals surface area contributed by atoms with E-state index >= 15 is 0 Å². The summed E-state index contributed by atoms with van der Waals surface area (Å²) in [4.78, 5) is 2.43. The largest absolute Gasteiger partial charge is 0.399 e. The van der Waals surface area contributed by atoms with Gasteiger partial charge in [0.25, 0.3) is 0 Å². The first-order valence-corrected chi connectivity index (χ1v) is 6.14. The van der Waals surface area contributed by atoms with Gasteiger partial charge < -0.3 is 5.73 Å². The van der Waals surface area contributed by atoms with Crippen molar-refractivity contribution in [3.05, 3.63) is 53.0 Å². The molecule has 0 bridgehead atoms. The van der Waals surface area contributed by atoms with E-state index in [0.717, 1.165) is 10.2 Å². The van der Waals surface area contributed by atoms with Crippen LogP contribution in [0.1, 0.15) is 0 Å². The molecule has 0 heterocycles. The normalized spacial score (nSPS) is 10.2. The number of benzene rings is 2. The molecule has 76 valence electrons. The molecule has 2 rings (SSSR count). The molecule has 0 aliphatic heterocycles. The lowest BCUT2D eigenvalue weighted by Crippen LogP contribution is -1.82. The summed E-state index contributed by atoms with van der Waals surface area (Å²) in [6, 6.07) is 16.2. The lowest BCUT2D eigenvalue weighted by Gasteiger charge is -2.02. The highest BCUT2D eigenvalue weighted by atomic mass is 79.9. The zero-order valence-corrected chi connectivity index (χ0v) is 10.4. The molecular formula is C12H10BrNS. The Morgan fingerprint density at radius 1 is 0.800 bits per heavy atom. The third kappa shape index (κ3) is 3.01. The van der Waals surface area contributed by atoms with E-state index in [-0.39, 0.29) is 0 Å². The van der Waals surface area contributed by atoms with Gasteiger partial charge in [-0.2, -0.15) is 0 Å². The summed E-state index contributed by atoms with van der Waals surface area (Å²) < 4.78 is 1.10. The van der Waals surface area contributed by atoms with E-state index in [2.05, 4.69) is 28.1 Å². The maximum Gasteiger partial charge on any atom is 0.0314 e. The van der Waals surface area contributed by atoms with Crippen molar-refractivity contribution in [2.45, 2.75) is 9.79 Å². The third-order valence-corrected chi connectivity index (χ3v) is 3.47. The second kappa shape index (κ2) is 4.73. The number of halogens is 1. The van der Waals surface area contributed by atoms with Crippen molar-refractivity contribution < 1.29 is 0 Å². The Labute approximate surface area is 102 Å². The van der Waals surface area contributed by atoms with Gasteiger partial charge in [0.2, 0.25) is 0 Å². The fourth-order valence-electron chi connectivity index (χ4n) is 1.17. The summed E-state index contributed by atoms with van der Waals surface area (Å²) in [5, 5.41) is 0. The van der Waals surface area contributed by atoms with Crippen molar-refractivity contribution in [1.29, 1.82) is 0 Å². The Hall–Kier alpha value is -0.930. The van der Waals surface area contributed by atoms with Crippen LogP contribution >= 0.6 is 27.7 Å². The fraction of sp³-hybridized carbons (Fsp3) is 0. The SMILES string of the molecule is Nc1ccc(Sc2ccc(Br)cc2)cc1. The zero-order chi connectivity index (χ0) is 10.7. The van der Waals surface area contributed by atoms with Crippen molar-refractivity contribution in [2.75, 3.05) is 5.73 Å². The van der Waals surface area contributed by atoms with Gasteiger partial charge in [0.1, 0.15) is 0 Å². The first-order chi connectivity index (χ1) is 7.24. The molecular weight excluding hydrogens is 270 g/mol. The van der Waals surface area contributed by atoms with Crippen LogP contribution in [0.2, 0.25) is 0 Å². The average molecular weight is 280 g/mol. The van der Waals surface area contributed by atoms with Crippen LogP contribution in [0.25, 0.3) is 0 Å². The topological polar surface area (TPSA) is 26.0 Å². The molecule has 0 saturated carbocycles. The molecule has 3 heteroatoms. The summed E-state index contributed by atoms with van der Waals surface area (Å²) >= 11 is 5.14. The van der Waals surface area contributed by atoms with E-state index in [1.807, 2.05) is 36.4 Å². The maximum atomic E-state index is 5.62. The maximum absolute atomic E-state index is 5.62. The third-order valence-electron chi connectivity index (χ3n) is 1.93. The van der Waals surface area contributed by atoms with Crippen LogP contribution < -0.4 is 5.73 Å². The summed E-state index contributed by atoms with van der Waals surface area (Å²) in [6.45, 7) is 0. The predicted molar refractivity (Wildman–Crippen MR) is 69.1 cm³/mol. The van der Waals surface area contributed by atoms with Crippen molar-refractivity contribution in [3.63, 3.8) is 0 Å². The summed E-state index contributed by atoms with van der Waals surface area (Å²) in [7, 11) is 0. The Balaban J connectivity index is 2.15. The molecule has 0 saturated heterocycles. The van der Waals surface area contributed by atoms with Crippen LogP contribution in [-0.4, -0.2) is 0 Å². The predicted octanol–water partition coefficient (Wildman–Crippen LogP) is 4.18. The van der Waals surface area contributed by atoms with E-state index in [1.165, 1.54) is 9.79 Å². The van der Waals surface area contributed by atoms with Crippen LogP contribution in [0.4, 0.5) is 5.69 Å². The highest BCUT2D eigenvalue weighted by Gasteiger charge is 1.96. The number of rotatable bonds is 2. The van der Waals surface area contributed by atoms with E-state index in [0.29, 0.717) is 0 Å². The second-order valence-corrected chi connectivity index (χ2v) is 5.19. The first kappa shape index (κ1) is 10.6. The van der Waals surface area contributed by atoms with Crippen molar-refractivity contribution >= 4 is 33.4 Å². The molecule has 2 aromatic rings. The molecule has 0 aliphatic rings. The highest BCUT2D eigenvalue weighted by Crippen LogP contribution is 2.28. The first-order valence-electron chi connectivity index (χ1n) is 4.53. The Morgan fingerprint density at radius 3 is 1.80 bits per heavy atom. The molecule has 0 radical (unpaired) electrons. The number of anilines is 1. The lowest BCUT2D eigenvalue weighted by molar-refractivity contribution is 1.40. The molecule has 2 aromatic carbocycles. The molecule has 0 aliphatic carbocycles. The Morgan fingerprint density at radius 2 is 1.27 bits per heavy atom.